The summed E-state index contributed by atoms with van der Waals surface area (Å²) >= 11 is 0. The molecule has 0 aromatic heterocycles. The van der Waals surface area contributed by atoms with Gasteiger partial charge in [0.1, 0.15) is 5.41 Å². The molecular weight excluding hydrogens is 218 g/mol. The molecule has 94 valence electrons. The van der Waals surface area contributed by atoms with Crippen molar-refractivity contribution < 1.29 is 9.59 Å². The van der Waals surface area contributed by atoms with Crippen LogP contribution in [0.5, 0.6) is 0 Å². The first-order valence-electron chi connectivity index (χ1n) is 5.73. The zero-order valence-corrected chi connectivity index (χ0v) is 10.5. The molecule has 2 amide bonds. The highest BCUT2D eigenvalue weighted by atomic mass is 16.2. The van der Waals surface area contributed by atoms with Crippen molar-refractivity contribution in [1.29, 1.82) is 5.26 Å². The van der Waals surface area contributed by atoms with E-state index in [0.29, 0.717) is 18.8 Å². The lowest BCUT2D eigenvalue weighted by atomic mass is 9.63. The summed E-state index contributed by atoms with van der Waals surface area (Å²) in [5.41, 5.74) is 3.53. The Bertz CT molecular complexity index is 376. The maximum Gasteiger partial charge on any atom is 0.240 e. The van der Waals surface area contributed by atoms with E-state index in [-0.39, 0.29) is 12.5 Å². The van der Waals surface area contributed by atoms with Crippen LogP contribution in [0.4, 0.5) is 0 Å². The van der Waals surface area contributed by atoms with Gasteiger partial charge in [0.15, 0.2) is 0 Å². The second-order valence-electron chi connectivity index (χ2n) is 5.64. The van der Waals surface area contributed by atoms with E-state index in [1.807, 2.05) is 6.92 Å². The van der Waals surface area contributed by atoms with Gasteiger partial charge in [-0.3, -0.25) is 9.59 Å². The molecule has 1 saturated carbocycles. The van der Waals surface area contributed by atoms with Crippen LogP contribution in [0.25, 0.3) is 0 Å². The van der Waals surface area contributed by atoms with Crippen LogP contribution in [0.1, 0.15) is 33.6 Å². The predicted molar refractivity (Wildman–Crippen MR) is 62.4 cm³/mol. The Labute approximate surface area is 101 Å². The topological polar surface area (TPSA) is 96.0 Å². The van der Waals surface area contributed by atoms with Crippen molar-refractivity contribution in [1.82, 2.24) is 5.32 Å². The normalized spacial score (nSPS) is 27.8. The predicted octanol–water partition coefficient (Wildman–Crippen LogP) is 0.554. The lowest BCUT2D eigenvalue weighted by Gasteiger charge is -2.39. The molecule has 0 bridgehead atoms. The Hall–Kier alpha value is -1.57. The standard InChI is InChI=1S/C12H19N3O2/c1-8-4-12(5-8,6-13)10(17)15-7-11(2,3)9(14)16/h8H,4-5,7H2,1-3H3,(H2,14,16)(H,15,17). The fourth-order valence-electron chi connectivity index (χ4n) is 2.01. The van der Waals surface area contributed by atoms with Crippen molar-refractivity contribution in [2.24, 2.45) is 22.5 Å². The number of amides is 2. The maximum atomic E-state index is 11.9. The van der Waals surface area contributed by atoms with Crippen molar-refractivity contribution in [3.8, 4) is 6.07 Å². The van der Waals surface area contributed by atoms with Crippen LogP contribution < -0.4 is 11.1 Å². The van der Waals surface area contributed by atoms with Crippen LogP contribution in [-0.4, -0.2) is 18.4 Å². The number of rotatable bonds is 4. The van der Waals surface area contributed by atoms with Crippen LogP contribution in [0.2, 0.25) is 0 Å². The molecule has 1 aliphatic carbocycles. The molecule has 3 N–H and O–H groups in total. The van der Waals surface area contributed by atoms with E-state index in [2.05, 4.69) is 11.4 Å². The van der Waals surface area contributed by atoms with Gasteiger partial charge in [0, 0.05) is 6.54 Å². The Kier molecular flexibility index (Phi) is 3.46. The van der Waals surface area contributed by atoms with Gasteiger partial charge in [-0.2, -0.15) is 5.26 Å². The second kappa shape index (κ2) is 4.36. The fourth-order valence-corrected chi connectivity index (χ4v) is 2.01. The molecule has 0 aliphatic heterocycles. The zero-order valence-electron chi connectivity index (χ0n) is 10.5. The van der Waals surface area contributed by atoms with E-state index >= 15 is 0 Å². The summed E-state index contributed by atoms with van der Waals surface area (Å²) in [7, 11) is 0. The molecule has 0 spiro atoms. The smallest absolute Gasteiger partial charge is 0.240 e. The summed E-state index contributed by atoms with van der Waals surface area (Å²) in [4.78, 5) is 23.0. The minimum Gasteiger partial charge on any atom is -0.369 e. The molecule has 0 aromatic rings. The molecule has 0 radical (unpaired) electrons. The molecule has 0 atom stereocenters. The summed E-state index contributed by atoms with van der Waals surface area (Å²) < 4.78 is 0. The summed E-state index contributed by atoms with van der Waals surface area (Å²) in [6, 6.07) is 2.08. The van der Waals surface area contributed by atoms with Crippen molar-refractivity contribution in [3.63, 3.8) is 0 Å². The molecule has 0 unspecified atom stereocenters. The second-order valence-corrected chi connectivity index (χ2v) is 5.64. The van der Waals surface area contributed by atoms with E-state index < -0.39 is 16.7 Å². The third-order valence-corrected chi connectivity index (χ3v) is 3.40. The van der Waals surface area contributed by atoms with Crippen LogP contribution in [0, 0.1) is 28.1 Å². The van der Waals surface area contributed by atoms with Gasteiger partial charge in [0.2, 0.25) is 11.8 Å². The Morgan fingerprint density at radius 2 is 2.06 bits per heavy atom. The maximum absolute atomic E-state index is 11.9. The third kappa shape index (κ3) is 2.57. The minimum atomic E-state index is -0.896. The van der Waals surface area contributed by atoms with E-state index in [1.165, 1.54) is 0 Å². The van der Waals surface area contributed by atoms with Gasteiger partial charge in [-0.05, 0) is 32.6 Å². The Morgan fingerprint density at radius 1 is 1.53 bits per heavy atom. The number of primary amides is 1. The number of nitrogens with one attached hydrogen (secondary N) is 1. The lowest BCUT2D eigenvalue weighted by molar-refractivity contribution is -0.135. The van der Waals surface area contributed by atoms with Crippen LogP contribution in [0.15, 0.2) is 0 Å². The number of nitrogens with zero attached hydrogens (tertiary/aromatic N) is 1. The summed E-state index contributed by atoms with van der Waals surface area (Å²) in [5.74, 6) is -0.345. The summed E-state index contributed by atoms with van der Waals surface area (Å²) in [6.07, 6.45) is 1.18. The molecule has 17 heavy (non-hydrogen) atoms. The highest BCUT2D eigenvalue weighted by Gasteiger charge is 2.49. The zero-order chi connectivity index (χ0) is 13.3. The SMILES string of the molecule is CC1CC(C#N)(C(=O)NCC(C)(C)C(N)=O)C1. The van der Waals surface area contributed by atoms with Crippen molar-refractivity contribution in [2.75, 3.05) is 6.54 Å². The highest BCUT2D eigenvalue weighted by Crippen LogP contribution is 2.45. The molecule has 5 nitrogen and oxygen atoms in total. The number of hydrogen-bond acceptors (Lipinski definition) is 3. The van der Waals surface area contributed by atoms with Crippen LogP contribution >= 0.6 is 0 Å². The molecule has 5 heteroatoms. The van der Waals surface area contributed by atoms with E-state index in [0.717, 1.165) is 0 Å². The number of nitrogens with two attached hydrogens (primary N) is 1. The number of carbonyl (C=O) groups excluding carboxylic acids is 2. The lowest BCUT2D eigenvalue weighted by Crippen LogP contribution is -2.51. The fraction of sp³-hybridized carbons (Fsp3) is 0.750. The van der Waals surface area contributed by atoms with E-state index in [1.54, 1.807) is 13.8 Å². The van der Waals surface area contributed by atoms with Crippen LogP contribution in [0.3, 0.4) is 0 Å². The van der Waals surface area contributed by atoms with Gasteiger partial charge >= 0.3 is 0 Å². The summed E-state index contributed by atoms with van der Waals surface area (Å²) in [6.45, 7) is 5.51. The summed E-state index contributed by atoms with van der Waals surface area (Å²) in [5, 5.41) is 11.7. The van der Waals surface area contributed by atoms with Crippen molar-refractivity contribution in [3.05, 3.63) is 0 Å². The van der Waals surface area contributed by atoms with E-state index in [4.69, 9.17) is 11.0 Å². The first-order valence-corrected chi connectivity index (χ1v) is 5.73. The molecule has 1 fully saturated rings. The molecule has 0 heterocycles. The van der Waals surface area contributed by atoms with Gasteiger partial charge in [0.05, 0.1) is 11.5 Å². The van der Waals surface area contributed by atoms with Crippen molar-refractivity contribution >= 4 is 11.8 Å². The van der Waals surface area contributed by atoms with E-state index in [9.17, 15) is 9.59 Å². The minimum absolute atomic E-state index is 0.166. The Balaban J connectivity index is 2.57. The third-order valence-electron chi connectivity index (χ3n) is 3.40. The largest absolute Gasteiger partial charge is 0.369 e. The van der Waals surface area contributed by atoms with Crippen LogP contribution in [-0.2, 0) is 9.59 Å². The van der Waals surface area contributed by atoms with Gasteiger partial charge < -0.3 is 11.1 Å². The molecule has 0 saturated heterocycles. The average molecular weight is 237 g/mol. The van der Waals surface area contributed by atoms with Gasteiger partial charge in [-0.25, -0.2) is 0 Å². The molecule has 1 rings (SSSR count). The number of nitriles is 1. The Morgan fingerprint density at radius 3 is 2.41 bits per heavy atom. The first kappa shape index (κ1) is 13.5. The first-order chi connectivity index (χ1) is 7.73. The number of carbonyl (C=O) groups is 2. The molecule has 1 aliphatic rings. The highest BCUT2D eigenvalue weighted by molar-refractivity contribution is 5.87. The van der Waals surface area contributed by atoms with Gasteiger partial charge in [0.25, 0.3) is 0 Å². The average Bonchev–Trinajstić information content (AvgIpc) is 2.21. The molecule has 0 aromatic carbocycles. The van der Waals surface area contributed by atoms with Crippen molar-refractivity contribution in [2.45, 2.75) is 33.6 Å². The molecular formula is C12H19N3O2. The number of hydrogen-bond donors (Lipinski definition) is 2. The van der Waals surface area contributed by atoms with Gasteiger partial charge in [-0.15, -0.1) is 0 Å². The monoisotopic (exact) mass is 237 g/mol. The van der Waals surface area contributed by atoms with Gasteiger partial charge in [-0.1, -0.05) is 6.92 Å². The quantitative estimate of drug-likeness (QED) is 0.747.